The number of nitrogens with zero attached hydrogens (tertiary/aromatic N) is 2. The predicted molar refractivity (Wildman–Crippen MR) is 138 cm³/mol. The quantitative estimate of drug-likeness (QED) is 0.438. The molecule has 0 saturated carbocycles. The molecule has 5 nitrogen and oxygen atoms in total. The zero-order valence-electron chi connectivity index (χ0n) is 20.9. The Bertz CT molecular complexity index is 1280. The molecule has 6 heteroatoms. The molecule has 0 saturated heterocycles. The van der Waals surface area contributed by atoms with E-state index in [-0.39, 0.29) is 22.5 Å². The third-order valence-electron chi connectivity index (χ3n) is 6.89. The summed E-state index contributed by atoms with van der Waals surface area (Å²) in [6.45, 7) is 15.6. The van der Waals surface area contributed by atoms with Crippen LogP contribution in [0.15, 0.2) is 45.6 Å². The van der Waals surface area contributed by atoms with E-state index in [2.05, 4.69) is 51.7 Å². The summed E-state index contributed by atoms with van der Waals surface area (Å²) in [6.07, 6.45) is 0. The Kier molecular flexibility index (Phi) is 6.63. The first kappa shape index (κ1) is 24.5. The molecule has 4 rings (SSSR count). The molecule has 0 spiro atoms. The number of hydrogen-bond acceptors (Lipinski definition) is 4. The van der Waals surface area contributed by atoms with Crippen LogP contribution in [0.5, 0.6) is 0 Å². The van der Waals surface area contributed by atoms with E-state index < -0.39 is 6.04 Å². The van der Waals surface area contributed by atoms with E-state index in [1.54, 1.807) is 17.0 Å². The molecule has 34 heavy (non-hydrogen) atoms. The Morgan fingerprint density at radius 2 is 1.71 bits per heavy atom. The number of halogens is 1. The standard InChI is InChI=1S/C28H33ClN2O3/c1-7-30(8-2)13-14-31-24(18-9-11-19(12-10-18)28(4,5)6)23-25(32)20-16-21(29)17(3)15-22(20)34-26(23)27(31)33/h9-12,15-16,24H,7-8,13-14H2,1-6H3. The Hall–Kier alpha value is -2.63. The molecule has 180 valence electrons. The van der Waals surface area contributed by atoms with Gasteiger partial charge in [0.05, 0.1) is 17.0 Å². The van der Waals surface area contributed by atoms with Crippen LogP contribution in [0, 0.1) is 6.92 Å². The average Bonchev–Trinajstić information content (AvgIpc) is 3.07. The summed E-state index contributed by atoms with van der Waals surface area (Å²) in [7, 11) is 0. The summed E-state index contributed by atoms with van der Waals surface area (Å²) in [5.74, 6) is -0.0951. The normalized spacial score (nSPS) is 16.1. The largest absolute Gasteiger partial charge is 0.450 e. The summed E-state index contributed by atoms with van der Waals surface area (Å²) in [5, 5.41) is 0.914. The lowest BCUT2D eigenvalue weighted by Gasteiger charge is -2.28. The third kappa shape index (κ3) is 4.27. The first-order valence-corrected chi connectivity index (χ1v) is 12.3. The minimum absolute atomic E-state index is 0.00815. The number of benzene rings is 2. The van der Waals surface area contributed by atoms with E-state index in [0.29, 0.717) is 28.1 Å². The van der Waals surface area contributed by atoms with Crippen molar-refractivity contribution >= 4 is 28.5 Å². The van der Waals surface area contributed by atoms with Crippen LogP contribution in [0.3, 0.4) is 0 Å². The first-order valence-electron chi connectivity index (χ1n) is 12.0. The predicted octanol–water partition coefficient (Wildman–Crippen LogP) is 5.94. The number of likely N-dealkylation sites (N-methyl/N-ethyl adjacent to an activating group) is 1. The van der Waals surface area contributed by atoms with Crippen molar-refractivity contribution in [2.45, 2.75) is 53.0 Å². The molecule has 0 bridgehead atoms. The van der Waals surface area contributed by atoms with E-state index in [4.69, 9.17) is 16.0 Å². The van der Waals surface area contributed by atoms with Crippen LogP contribution in [0.4, 0.5) is 0 Å². The minimum Gasteiger partial charge on any atom is -0.450 e. The molecule has 1 atom stereocenters. The van der Waals surface area contributed by atoms with Gasteiger partial charge in [-0.15, -0.1) is 0 Å². The van der Waals surface area contributed by atoms with Crippen molar-refractivity contribution in [1.29, 1.82) is 0 Å². The van der Waals surface area contributed by atoms with Crippen molar-refractivity contribution in [2.24, 2.45) is 0 Å². The van der Waals surface area contributed by atoms with Crippen LogP contribution in [0.2, 0.25) is 5.02 Å². The summed E-state index contributed by atoms with van der Waals surface area (Å²) in [6, 6.07) is 11.1. The number of fused-ring (bicyclic) bond motifs is 2. The van der Waals surface area contributed by atoms with Gasteiger partial charge in [-0.1, -0.05) is 70.5 Å². The van der Waals surface area contributed by atoms with E-state index in [1.807, 2.05) is 19.1 Å². The highest BCUT2D eigenvalue weighted by Gasteiger charge is 2.42. The fourth-order valence-corrected chi connectivity index (χ4v) is 4.84. The van der Waals surface area contributed by atoms with Gasteiger partial charge < -0.3 is 14.2 Å². The molecule has 2 aromatic carbocycles. The second-order valence-corrected chi connectivity index (χ2v) is 10.5. The van der Waals surface area contributed by atoms with Crippen molar-refractivity contribution in [3.05, 3.63) is 79.7 Å². The molecule has 0 N–H and O–H groups in total. The average molecular weight is 481 g/mol. The van der Waals surface area contributed by atoms with E-state index in [1.165, 1.54) is 5.56 Å². The first-order chi connectivity index (χ1) is 16.1. The van der Waals surface area contributed by atoms with E-state index in [0.717, 1.165) is 30.8 Å². The highest BCUT2D eigenvalue weighted by Crippen LogP contribution is 2.39. The van der Waals surface area contributed by atoms with Crippen LogP contribution in [-0.2, 0) is 5.41 Å². The van der Waals surface area contributed by atoms with Crippen molar-refractivity contribution < 1.29 is 9.21 Å². The Balaban J connectivity index is 1.88. The van der Waals surface area contributed by atoms with Crippen LogP contribution in [0.25, 0.3) is 11.0 Å². The van der Waals surface area contributed by atoms with Gasteiger partial charge >= 0.3 is 0 Å². The van der Waals surface area contributed by atoms with Crippen molar-refractivity contribution in [3.63, 3.8) is 0 Å². The Morgan fingerprint density at radius 1 is 1.06 bits per heavy atom. The lowest BCUT2D eigenvalue weighted by atomic mass is 9.86. The lowest BCUT2D eigenvalue weighted by molar-refractivity contribution is 0.0708. The number of aryl methyl sites for hydroxylation is 1. The molecule has 1 amide bonds. The molecule has 1 aromatic heterocycles. The summed E-state index contributed by atoms with van der Waals surface area (Å²) < 4.78 is 6.09. The third-order valence-corrected chi connectivity index (χ3v) is 7.30. The van der Waals surface area contributed by atoms with Gasteiger partial charge in [-0.25, -0.2) is 0 Å². The second kappa shape index (κ2) is 9.20. The maximum absolute atomic E-state index is 13.7. The highest BCUT2D eigenvalue weighted by molar-refractivity contribution is 6.32. The molecule has 0 fully saturated rings. The Labute approximate surface area is 206 Å². The van der Waals surface area contributed by atoms with E-state index >= 15 is 0 Å². The summed E-state index contributed by atoms with van der Waals surface area (Å²) in [4.78, 5) is 31.4. The van der Waals surface area contributed by atoms with Gasteiger partial charge in [0.2, 0.25) is 5.76 Å². The molecule has 2 heterocycles. The van der Waals surface area contributed by atoms with Crippen molar-refractivity contribution in [1.82, 2.24) is 9.80 Å². The molecule has 1 aliphatic heterocycles. The minimum atomic E-state index is -0.493. The highest BCUT2D eigenvalue weighted by atomic mass is 35.5. The summed E-state index contributed by atoms with van der Waals surface area (Å²) >= 11 is 6.33. The zero-order valence-corrected chi connectivity index (χ0v) is 21.6. The fourth-order valence-electron chi connectivity index (χ4n) is 4.67. The maximum atomic E-state index is 13.7. The van der Waals surface area contributed by atoms with Crippen LogP contribution < -0.4 is 5.43 Å². The second-order valence-electron chi connectivity index (χ2n) is 10.1. The number of carbonyl (C=O) groups excluding carboxylic acids is 1. The smallest absolute Gasteiger partial charge is 0.290 e. The molecule has 1 unspecified atom stereocenters. The fraction of sp³-hybridized carbons (Fsp3) is 0.429. The molecular weight excluding hydrogens is 448 g/mol. The van der Waals surface area contributed by atoms with Gasteiger partial charge in [0.25, 0.3) is 5.91 Å². The number of hydrogen-bond donors (Lipinski definition) is 0. The monoisotopic (exact) mass is 480 g/mol. The SMILES string of the molecule is CCN(CC)CCN1C(=O)c2oc3cc(C)c(Cl)cc3c(=O)c2C1c1ccc(C(C)(C)C)cc1. The molecule has 3 aromatic rings. The van der Waals surface area contributed by atoms with Gasteiger partial charge in [0, 0.05) is 18.1 Å². The zero-order chi connectivity index (χ0) is 24.8. The van der Waals surface area contributed by atoms with Crippen molar-refractivity contribution in [3.8, 4) is 0 Å². The maximum Gasteiger partial charge on any atom is 0.290 e. The van der Waals surface area contributed by atoms with Gasteiger partial charge in [0.15, 0.2) is 5.43 Å². The lowest BCUT2D eigenvalue weighted by Crippen LogP contribution is -2.37. The Morgan fingerprint density at radius 3 is 2.29 bits per heavy atom. The van der Waals surface area contributed by atoms with Gasteiger partial charge in [-0.2, -0.15) is 0 Å². The van der Waals surface area contributed by atoms with Crippen LogP contribution in [0.1, 0.15) is 73.5 Å². The van der Waals surface area contributed by atoms with Crippen LogP contribution in [-0.4, -0.2) is 41.9 Å². The van der Waals surface area contributed by atoms with E-state index in [9.17, 15) is 9.59 Å². The number of carbonyl (C=O) groups is 1. The topological polar surface area (TPSA) is 53.8 Å². The van der Waals surface area contributed by atoms with Gasteiger partial charge in [-0.05, 0) is 54.3 Å². The van der Waals surface area contributed by atoms with Gasteiger partial charge in [0.1, 0.15) is 5.58 Å². The number of rotatable bonds is 6. The molecular formula is C28H33ClN2O3. The van der Waals surface area contributed by atoms with Crippen molar-refractivity contribution in [2.75, 3.05) is 26.2 Å². The van der Waals surface area contributed by atoms with Crippen LogP contribution >= 0.6 is 11.6 Å². The number of amides is 1. The summed E-state index contributed by atoms with van der Waals surface area (Å²) in [5.41, 5.74) is 3.52. The molecule has 0 aliphatic carbocycles. The molecule has 1 aliphatic rings. The molecule has 0 radical (unpaired) electrons. The van der Waals surface area contributed by atoms with Gasteiger partial charge in [-0.3, -0.25) is 9.59 Å².